The lowest BCUT2D eigenvalue weighted by atomic mass is 9.89. The highest BCUT2D eigenvalue weighted by Gasteiger charge is 2.18. The fourth-order valence-electron chi connectivity index (χ4n) is 3.73. The first-order valence-electron chi connectivity index (χ1n) is 10.4. The lowest BCUT2D eigenvalue weighted by Crippen LogP contribution is -2.35. The van der Waals surface area contributed by atoms with Crippen LogP contribution in [0.4, 0.5) is 5.69 Å². The third-order valence-electron chi connectivity index (χ3n) is 5.48. The van der Waals surface area contributed by atoms with Crippen molar-refractivity contribution >= 4 is 34.9 Å². The Labute approximate surface area is 187 Å². The number of Topliss-reactive ketones (excluding diaryl/α,β-unsaturated/α-hetero) is 1. The number of anilines is 1. The standard InChI is InChI=1S/C24H27ClN2O4/c1-27(15-23(29)26-20-14-19(25)9-11-22(20)31-2)24(30)12-10-21(28)18-8-7-16-5-3-4-6-17(16)13-18/h7-9,11,13-14H,3-6,10,12,15H2,1-2H3,(H,26,29). The summed E-state index contributed by atoms with van der Waals surface area (Å²) in [5.74, 6) is -0.220. The van der Waals surface area contributed by atoms with Gasteiger partial charge in [-0.25, -0.2) is 0 Å². The van der Waals surface area contributed by atoms with E-state index in [0.717, 1.165) is 19.3 Å². The average molecular weight is 443 g/mol. The minimum atomic E-state index is -0.377. The van der Waals surface area contributed by atoms with Gasteiger partial charge in [0.1, 0.15) is 5.75 Å². The van der Waals surface area contributed by atoms with Crippen molar-refractivity contribution in [1.29, 1.82) is 0 Å². The summed E-state index contributed by atoms with van der Waals surface area (Å²) in [6.07, 6.45) is 4.59. The number of likely N-dealkylation sites (N-methyl/N-ethyl adjacent to an activating group) is 1. The lowest BCUT2D eigenvalue weighted by Gasteiger charge is -2.18. The topological polar surface area (TPSA) is 75.7 Å². The molecule has 3 rings (SSSR count). The number of amides is 2. The van der Waals surface area contributed by atoms with Gasteiger partial charge in [0.15, 0.2) is 5.78 Å². The summed E-state index contributed by atoms with van der Waals surface area (Å²) in [6, 6.07) is 10.7. The van der Waals surface area contributed by atoms with E-state index in [1.807, 2.05) is 18.2 Å². The van der Waals surface area contributed by atoms with Gasteiger partial charge in [0.25, 0.3) is 0 Å². The van der Waals surface area contributed by atoms with Gasteiger partial charge in [-0.2, -0.15) is 0 Å². The molecule has 0 fully saturated rings. The molecular formula is C24H27ClN2O4. The summed E-state index contributed by atoms with van der Waals surface area (Å²) in [4.78, 5) is 38.6. The molecule has 0 unspecified atom stereocenters. The summed E-state index contributed by atoms with van der Waals surface area (Å²) < 4.78 is 5.20. The predicted octanol–water partition coefficient (Wildman–Crippen LogP) is 4.29. The van der Waals surface area contributed by atoms with E-state index in [0.29, 0.717) is 22.0 Å². The molecule has 0 saturated heterocycles. The zero-order chi connectivity index (χ0) is 22.4. The number of hydrogen-bond donors (Lipinski definition) is 1. The first-order chi connectivity index (χ1) is 14.9. The Kier molecular flexibility index (Phi) is 7.69. The van der Waals surface area contributed by atoms with Crippen LogP contribution in [0.2, 0.25) is 5.02 Å². The summed E-state index contributed by atoms with van der Waals surface area (Å²) in [5, 5.41) is 3.16. The number of rotatable bonds is 8. The molecule has 1 aliphatic carbocycles. The van der Waals surface area contributed by atoms with Crippen LogP contribution in [0.1, 0.15) is 47.2 Å². The molecule has 0 aliphatic heterocycles. The largest absolute Gasteiger partial charge is 0.495 e. The maximum Gasteiger partial charge on any atom is 0.244 e. The smallest absolute Gasteiger partial charge is 0.244 e. The van der Waals surface area contributed by atoms with Gasteiger partial charge in [0.2, 0.25) is 11.8 Å². The second kappa shape index (κ2) is 10.4. The van der Waals surface area contributed by atoms with Crippen LogP contribution in [-0.4, -0.2) is 43.2 Å². The molecule has 0 radical (unpaired) electrons. The van der Waals surface area contributed by atoms with E-state index in [1.165, 1.54) is 29.6 Å². The van der Waals surface area contributed by atoms with Crippen molar-refractivity contribution < 1.29 is 19.1 Å². The number of methoxy groups -OCH3 is 1. The molecule has 1 aliphatic rings. The number of benzene rings is 2. The first-order valence-corrected chi connectivity index (χ1v) is 10.8. The van der Waals surface area contributed by atoms with Crippen LogP contribution in [0.3, 0.4) is 0 Å². The summed E-state index contributed by atoms with van der Waals surface area (Å²) in [6.45, 7) is -0.137. The Hall–Kier alpha value is -2.86. The van der Waals surface area contributed by atoms with Crippen molar-refractivity contribution in [2.45, 2.75) is 38.5 Å². The first kappa shape index (κ1) is 22.8. The van der Waals surface area contributed by atoms with E-state index in [-0.39, 0.29) is 37.0 Å². The molecular weight excluding hydrogens is 416 g/mol. The third kappa shape index (κ3) is 6.07. The van der Waals surface area contributed by atoms with Crippen LogP contribution in [-0.2, 0) is 22.4 Å². The maximum atomic E-state index is 12.5. The number of hydrogen-bond acceptors (Lipinski definition) is 4. The van der Waals surface area contributed by atoms with E-state index in [2.05, 4.69) is 5.32 Å². The van der Waals surface area contributed by atoms with Crippen molar-refractivity contribution in [3.8, 4) is 5.75 Å². The molecule has 6 nitrogen and oxygen atoms in total. The minimum Gasteiger partial charge on any atom is -0.495 e. The van der Waals surface area contributed by atoms with E-state index >= 15 is 0 Å². The van der Waals surface area contributed by atoms with E-state index in [4.69, 9.17) is 16.3 Å². The zero-order valence-corrected chi connectivity index (χ0v) is 18.6. The number of ether oxygens (including phenoxy) is 1. The van der Waals surface area contributed by atoms with Gasteiger partial charge in [-0.05, 0) is 61.1 Å². The SMILES string of the molecule is COc1ccc(Cl)cc1NC(=O)CN(C)C(=O)CCC(=O)c1ccc2c(c1)CCCC2. The van der Waals surface area contributed by atoms with Crippen LogP contribution >= 0.6 is 11.6 Å². The minimum absolute atomic E-state index is 0.0526. The van der Waals surface area contributed by atoms with Gasteiger partial charge in [-0.15, -0.1) is 0 Å². The van der Waals surface area contributed by atoms with Gasteiger partial charge in [-0.3, -0.25) is 14.4 Å². The van der Waals surface area contributed by atoms with Crippen molar-refractivity contribution in [3.63, 3.8) is 0 Å². The van der Waals surface area contributed by atoms with Gasteiger partial charge in [0.05, 0.1) is 19.3 Å². The normalized spacial score (nSPS) is 12.6. The molecule has 0 saturated carbocycles. The molecule has 164 valence electrons. The number of aryl methyl sites for hydroxylation is 2. The molecule has 0 atom stereocenters. The summed E-state index contributed by atoms with van der Waals surface area (Å²) in [7, 11) is 3.04. The molecule has 0 heterocycles. The average Bonchev–Trinajstić information content (AvgIpc) is 2.76. The summed E-state index contributed by atoms with van der Waals surface area (Å²) >= 11 is 5.97. The Morgan fingerprint density at radius 1 is 1.03 bits per heavy atom. The number of ketones is 1. The van der Waals surface area contributed by atoms with Gasteiger partial charge < -0.3 is 15.0 Å². The molecule has 7 heteroatoms. The van der Waals surface area contributed by atoms with Crippen molar-refractivity contribution in [1.82, 2.24) is 4.90 Å². The van der Waals surface area contributed by atoms with Gasteiger partial charge >= 0.3 is 0 Å². The summed E-state index contributed by atoms with van der Waals surface area (Å²) in [5.41, 5.74) is 3.65. The molecule has 31 heavy (non-hydrogen) atoms. The Bertz CT molecular complexity index is 990. The Morgan fingerprint density at radius 2 is 1.77 bits per heavy atom. The van der Waals surface area contributed by atoms with Gasteiger partial charge in [0, 0.05) is 30.5 Å². The van der Waals surface area contributed by atoms with E-state index in [1.54, 1.807) is 25.2 Å². The van der Waals surface area contributed by atoms with Gasteiger partial charge in [-0.1, -0.05) is 23.7 Å². The Balaban J connectivity index is 1.50. The third-order valence-corrected chi connectivity index (χ3v) is 5.71. The lowest BCUT2D eigenvalue weighted by molar-refractivity contribution is -0.133. The van der Waals surface area contributed by atoms with E-state index in [9.17, 15) is 14.4 Å². The van der Waals surface area contributed by atoms with Crippen LogP contribution in [0.25, 0.3) is 0 Å². The fraction of sp³-hybridized carbons (Fsp3) is 0.375. The highest BCUT2D eigenvalue weighted by molar-refractivity contribution is 6.31. The monoisotopic (exact) mass is 442 g/mol. The zero-order valence-electron chi connectivity index (χ0n) is 17.9. The van der Waals surface area contributed by atoms with Crippen LogP contribution in [0, 0.1) is 0 Å². The molecule has 0 bridgehead atoms. The van der Waals surface area contributed by atoms with Crippen molar-refractivity contribution in [2.75, 3.05) is 26.0 Å². The molecule has 2 aromatic carbocycles. The predicted molar refractivity (Wildman–Crippen MR) is 121 cm³/mol. The fourth-order valence-corrected chi connectivity index (χ4v) is 3.91. The highest BCUT2D eigenvalue weighted by Crippen LogP contribution is 2.27. The van der Waals surface area contributed by atoms with Crippen LogP contribution in [0.15, 0.2) is 36.4 Å². The number of fused-ring (bicyclic) bond motifs is 1. The molecule has 2 aromatic rings. The maximum absolute atomic E-state index is 12.5. The molecule has 1 N–H and O–H groups in total. The molecule has 0 aromatic heterocycles. The second-order valence-electron chi connectivity index (χ2n) is 7.76. The number of carbonyl (C=O) groups is 3. The van der Waals surface area contributed by atoms with Crippen molar-refractivity contribution in [3.05, 3.63) is 58.1 Å². The van der Waals surface area contributed by atoms with Crippen LogP contribution < -0.4 is 10.1 Å². The highest BCUT2D eigenvalue weighted by atomic mass is 35.5. The van der Waals surface area contributed by atoms with E-state index < -0.39 is 0 Å². The second-order valence-corrected chi connectivity index (χ2v) is 8.19. The number of nitrogens with zero attached hydrogens (tertiary/aromatic N) is 1. The number of nitrogens with one attached hydrogen (secondary N) is 1. The molecule has 2 amide bonds. The molecule has 0 spiro atoms. The quantitative estimate of drug-likeness (QED) is 0.619. The number of carbonyl (C=O) groups excluding carboxylic acids is 3. The van der Waals surface area contributed by atoms with Crippen LogP contribution in [0.5, 0.6) is 5.75 Å². The van der Waals surface area contributed by atoms with Crippen molar-refractivity contribution in [2.24, 2.45) is 0 Å². The number of halogens is 1. The Morgan fingerprint density at radius 3 is 2.52 bits per heavy atom.